The number of ketones is 1. The first kappa shape index (κ1) is 19.6. The van der Waals surface area contributed by atoms with Crippen LogP contribution in [-0.2, 0) is 14.8 Å². The van der Waals surface area contributed by atoms with E-state index < -0.39 is 10.0 Å². The molecule has 0 bridgehead atoms. The molecule has 1 heterocycles. The molecule has 1 aliphatic rings. The number of carbonyl (C=O) groups excluding carboxylic acids is 2. The molecule has 1 aliphatic heterocycles. The molecule has 0 aliphatic carbocycles. The molecule has 3 rings (SSSR count). The van der Waals surface area contributed by atoms with Crippen molar-refractivity contribution in [1.82, 2.24) is 4.72 Å². The zero-order chi connectivity index (χ0) is 20.1. The number of sulfonamides is 1. The van der Waals surface area contributed by atoms with Gasteiger partial charge in [0.25, 0.3) is 0 Å². The number of Topliss-reactive ketones (excluding diaryl/α,β-unsaturated/α-hetero) is 1. The van der Waals surface area contributed by atoms with Crippen molar-refractivity contribution in [2.45, 2.75) is 11.8 Å². The highest BCUT2D eigenvalue weighted by Gasteiger charge is 2.23. The second kappa shape index (κ2) is 8.25. The summed E-state index contributed by atoms with van der Waals surface area (Å²) < 4.78 is 31.9. The fraction of sp³-hybridized carbons (Fsp3) is 0.200. The van der Waals surface area contributed by atoms with E-state index in [1.165, 1.54) is 30.0 Å². The maximum absolute atomic E-state index is 12.3. The average Bonchev–Trinajstić information content (AvgIpc) is 3.12. The summed E-state index contributed by atoms with van der Waals surface area (Å²) in [5, 5.41) is 0. The van der Waals surface area contributed by atoms with Crippen LogP contribution in [0.3, 0.4) is 0 Å². The summed E-state index contributed by atoms with van der Waals surface area (Å²) >= 11 is 0. The van der Waals surface area contributed by atoms with E-state index in [1.807, 2.05) is 0 Å². The van der Waals surface area contributed by atoms with Crippen molar-refractivity contribution >= 4 is 27.6 Å². The van der Waals surface area contributed by atoms with Crippen LogP contribution in [-0.4, -0.2) is 40.0 Å². The van der Waals surface area contributed by atoms with Crippen molar-refractivity contribution in [3.05, 3.63) is 59.7 Å². The average molecular weight is 398 g/mol. The van der Waals surface area contributed by atoms with Crippen molar-refractivity contribution in [3.63, 3.8) is 0 Å². The summed E-state index contributed by atoms with van der Waals surface area (Å²) in [6.07, 6.45) is -0.373. The van der Waals surface area contributed by atoms with Crippen molar-refractivity contribution in [2.24, 2.45) is 0 Å². The van der Waals surface area contributed by atoms with Gasteiger partial charge in [0, 0.05) is 16.8 Å². The van der Waals surface area contributed by atoms with Gasteiger partial charge in [-0.3, -0.25) is 9.69 Å². The SMILES string of the molecule is CC(=O)c1cccc(S(=O)(=O)NCC#Cc2ccc(N3CCOC3=O)cc2)c1. The second-order valence-electron chi connectivity index (χ2n) is 6.02. The summed E-state index contributed by atoms with van der Waals surface area (Å²) in [4.78, 5) is 24.5. The highest BCUT2D eigenvalue weighted by molar-refractivity contribution is 7.89. The molecule has 0 radical (unpaired) electrons. The van der Waals surface area contributed by atoms with Crippen molar-refractivity contribution in [3.8, 4) is 11.8 Å². The van der Waals surface area contributed by atoms with Crippen LogP contribution >= 0.6 is 0 Å². The molecule has 0 spiro atoms. The molecule has 1 amide bonds. The Morgan fingerprint density at radius 2 is 1.96 bits per heavy atom. The van der Waals surface area contributed by atoms with Crippen LogP contribution < -0.4 is 9.62 Å². The number of cyclic esters (lactones) is 1. The molecule has 0 aromatic heterocycles. The van der Waals surface area contributed by atoms with Crippen LogP contribution in [0, 0.1) is 11.8 Å². The predicted molar refractivity (Wildman–Crippen MR) is 104 cm³/mol. The molecule has 8 heteroatoms. The Kier molecular flexibility index (Phi) is 5.78. The van der Waals surface area contributed by atoms with E-state index >= 15 is 0 Å². The normalized spacial score (nSPS) is 13.6. The molecule has 1 fully saturated rings. The van der Waals surface area contributed by atoms with Crippen molar-refractivity contribution in [1.29, 1.82) is 0 Å². The molecule has 2 aromatic rings. The molecule has 144 valence electrons. The molecule has 0 saturated carbocycles. The Balaban J connectivity index is 1.62. The Labute approximate surface area is 163 Å². The molecular formula is C20H18N2O5S. The van der Waals surface area contributed by atoms with Crippen LogP contribution in [0.2, 0.25) is 0 Å². The van der Waals surface area contributed by atoms with Gasteiger partial charge in [-0.2, -0.15) is 4.72 Å². The lowest BCUT2D eigenvalue weighted by Gasteiger charge is -2.11. The van der Waals surface area contributed by atoms with Gasteiger partial charge in [-0.15, -0.1) is 0 Å². The van der Waals surface area contributed by atoms with Crippen molar-refractivity contribution < 1.29 is 22.7 Å². The Morgan fingerprint density at radius 3 is 2.61 bits per heavy atom. The van der Waals surface area contributed by atoms with E-state index in [2.05, 4.69) is 16.6 Å². The third-order valence-corrected chi connectivity index (χ3v) is 5.47. The summed E-state index contributed by atoms with van der Waals surface area (Å²) in [6, 6.07) is 12.9. The maximum atomic E-state index is 12.3. The van der Waals surface area contributed by atoms with E-state index in [9.17, 15) is 18.0 Å². The van der Waals surface area contributed by atoms with Crippen LogP contribution in [0.1, 0.15) is 22.8 Å². The lowest BCUT2D eigenvalue weighted by atomic mass is 10.2. The van der Waals surface area contributed by atoms with E-state index in [0.29, 0.717) is 24.3 Å². The van der Waals surface area contributed by atoms with E-state index in [0.717, 1.165) is 5.69 Å². The van der Waals surface area contributed by atoms with E-state index in [1.54, 1.807) is 30.3 Å². The highest BCUT2D eigenvalue weighted by Crippen LogP contribution is 2.18. The molecular weight excluding hydrogens is 380 g/mol. The third kappa shape index (κ3) is 4.57. The van der Waals surface area contributed by atoms with Gasteiger partial charge in [-0.05, 0) is 43.3 Å². The largest absolute Gasteiger partial charge is 0.447 e. The van der Waals surface area contributed by atoms with Gasteiger partial charge in [0.1, 0.15) is 6.61 Å². The lowest BCUT2D eigenvalue weighted by Crippen LogP contribution is -2.24. The maximum Gasteiger partial charge on any atom is 0.414 e. The van der Waals surface area contributed by atoms with Crippen LogP contribution in [0.15, 0.2) is 53.4 Å². The minimum atomic E-state index is -3.76. The second-order valence-corrected chi connectivity index (χ2v) is 7.79. The zero-order valence-electron chi connectivity index (χ0n) is 15.1. The van der Waals surface area contributed by atoms with Gasteiger partial charge < -0.3 is 4.74 Å². The molecule has 0 atom stereocenters. The molecule has 1 N–H and O–H groups in total. The number of nitrogens with one attached hydrogen (secondary N) is 1. The first-order chi connectivity index (χ1) is 13.4. The number of nitrogens with zero attached hydrogens (tertiary/aromatic N) is 1. The monoisotopic (exact) mass is 398 g/mol. The minimum absolute atomic E-state index is 0.0175. The summed E-state index contributed by atoms with van der Waals surface area (Å²) in [7, 11) is -3.76. The van der Waals surface area contributed by atoms with Gasteiger partial charge in [0.05, 0.1) is 18.0 Å². The standard InChI is InChI=1S/C20H18N2O5S/c1-15(23)17-5-2-6-19(14-17)28(25,26)21-11-3-4-16-7-9-18(10-8-16)22-12-13-27-20(22)24/h2,5-10,14,21H,11-13H2,1H3. The number of carbonyl (C=O) groups is 2. The van der Waals surface area contributed by atoms with E-state index in [-0.39, 0.29) is 23.3 Å². The number of amides is 1. The zero-order valence-corrected chi connectivity index (χ0v) is 16.0. The first-order valence-corrected chi connectivity index (χ1v) is 9.99. The predicted octanol–water partition coefficient (Wildman–Crippen LogP) is 2.18. The summed E-state index contributed by atoms with van der Waals surface area (Å²) in [6.45, 7) is 2.18. The fourth-order valence-electron chi connectivity index (χ4n) is 2.60. The number of anilines is 1. The Bertz CT molecular complexity index is 1070. The lowest BCUT2D eigenvalue weighted by molar-refractivity contribution is 0.101. The fourth-order valence-corrected chi connectivity index (χ4v) is 3.56. The molecule has 2 aromatic carbocycles. The number of ether oxygens (including phenoxy) is 1. The molecule has 7 nitrogen and oxygen atoms in total. The smallest absolute Gasteiger partial charge is 0.414 e. The van der Waals surface area contributed by atoms with Crippen LogP contribution in [0.4, 0.5) is 10.5 Å². The summed E-state index contributed by atoms with van der Waals surface area (Å²) in [5.41, 5.74) is 1.74. The van der Waals surface area contributed by atoms with Gasteiger partial charge in [-0.25, -0.2) is 13.2 Å². The third-order valence-electron chi connectivity index (χ3n) is 4.07. The van der Waals surface area contributed by atoms with Gasteiger partial charge >= 0.3 is 6.09 Å². The molecule has 0 unspecified atom stereocenters. The topological polar surface area (TPSA) is 92.8 Å². The van der Waals surface area contributed by atoms with Gasteiger partial charge in [0.2, 0.25) is 10.0 Å². The minimum Gasteiger partial charge on any atom is -0.447 e. The Hall–Kier alpha value is -3.15. The quantitative estimate of drug-likeness (QED) is 0.616. The highest BCUT2D eigenvalue weighted by atomic mass is 32.2. The van der Waals surface area contributed by atoms with E-state index in [4.69, 9.17) is 4.74 Å². The Morgan fingerprint density at radius 1 is 1.21 bits per heavy atom. The summed E-state index contributed by atoms with van der Waals surface area (Å²) in [5.74, 6) is 5.41. The molecule has 1 saturated heterocycles. The number of hydrogen-bond donors (Lipinski definition) is 1. The van der Waals surface area contributed by atoms with Gasteiger partial charge in [-0.1, -0.05) is 24.0 Å². The number of hydrogen-bond acceptors (Lipinski definition) is 5. The number of benzene rings is 2. The van der Waals surface area contributed by atoms with Crippen LogP contribution in [0.25, 0.3) is 0 Å². The van der Waals surface area contributed by atoms with Crippen LogP contribution in [0.5, 0.6) is 0 Å². The first-order valence-electron chi connectivity index (χ1n) is 8.51. The van der Waals surface area contributed by atoms with Crippen molar-refractivity contribution in [2.75, 3.05) is 24.6 Å². The number of rotatable bonds is 5. The van der Waals surface area contributed by atoms with Gasteiger partial charge in [0.15, 0.2) is 5.78 Å². The molecule has 28 heavy (non-hydrogen) atoms.